The van der Waals surface area contributed by atoms with Gasteiger partial charge in [-0.3, -0.25) is 4.79 Å². The largest absolute Gasteiger partial charge is 0.417 e. The van der Waals surface area contributed by atoms with Crippen molar-refractivity contribution in [1.82, 2.24) is 4.68 Å². The number of benzene rings is 1. The number of pyridine rings is 1. The van der Waals surface area contributed by atoms with Crippen molar-refractivity contribution < 1.29 is 13.2 Å². The molecule has 0 bridgehead atoms. The van der Waals surface area contributed by atoms with Crippen LogP contribution >= 0.6 is 0 Å². The van der Waals surface area contributed by atoms with Crippen LogP contribution in [0.2, 0.25) is 0 Å². The van der Waals surface area contributed by atoms with Crippen molar-refractivity contribution in [2.45, 2.75) is 19.0 Å². The summed E-state index contributed by atoms with van der Waals surface area (Å²) < 4.78 is 41.1. The number of halogens is 3. The molecule has 2 heterocycles. The Kier molecular flexibility index (Phi) is 4.06. The highest BCUT2D eigenvalue weighted by molar-refractivity contribution is 5.63. The van der Waals surface area contributed by atoms with Gasteiger partial charge in [-0.2, -0.15) is 18.4 Å². The van der Waals surface area contributed by atoms with Crippen LogP contribution in [0.25, 0.3) is 11.3 Å². The summed E-state index contributed by atoms with van der Waals surface area (Å²) in [6, 6.07) is 10.8. The van der Waals surface area contributed by atoms with Crippen molar-refractivity contribution in [3.63, 3.8) is 0 Å². The molecule has 0 unspecified atom stereocenters. The Morgan fingerprint density at radius 3 is 2.25 bits per heavy atom. The zero-order chi connectivity index (χ0) is 17.3. The quantitative estimate of drug-likeness (QED) is 0.848. The van der Waals surface area contributed by atoms with E-state index in [0.29, 0.717) is 18.7 Å². The second-order valence-corrected chi connectivity index (χ2v) is 5.57. The van der Waals surface area contributed by atoms with Gasteiger partial charge in [0.15, 0.2) is 0 Å². The molecule has 0 spiro atoms. The third-order valence-corrected chi connectivity index (χ3v) is 4.04. The second-order valence-electron chi connectivity index (χ2n) is 5.57. The molecule has 24 heavy (non-hydrogen) atoms. The first kappa shape index (κ1) is 16.1. The Hall–Kier alpha value is -2.75. The Balaban J connectivity index is 2.35. The lowest BCUT2D eigenvalue weighted by Gasteiger charge is -2.25. The van der Waals surface area contributed by atoms with Crippen LogP contribution in [0.3, 0.4) is 0 Å². The summed E-state index contributed by atoms with van der Waals surface area (Å²) in [5.41, 5.74) is -2.34. The Bertz CT molecular complexity index is 844. The van der Waals surface area contributed by atoms with Crippen LogP contribution < -0.4 is 10.6 Å². The predicted octanol–water partition coefficient (Wildman–Crippen LogP) is 3.14. The molecular weight excluding hydrogens is 319 g/mol. The lowest BCUT2D eigenvalue weighted by molar-refractivity contribution is -0.137. The van der Waals surface area contributed by atoms with E-state index in [1.165, 1.54) is 10.7 Å². The molecule has 0 amide bonds. The van der Waals surface area contributed by atoms with Gasteiger partial charge < -0.3 is 5.01 Å². The van der Waals surface area contributed by atoms with E-state index >= 15 is 0 Å². The smallest absolute Gasteiger partial charge is 0.310 e. The summed E-state index contributed by atoms with van der Waals surface area (Å²) in [5.74, 6) is 0. The van der Waals surface area contributed by atoms with Crippen LogP contribution in [0.15, 0.2) is 41.2 Å². The number of nitriles is 1. The lowest BCUT2D eigenvalue weighted by Crippen LogP contribution is -2.42. The van der Waals surface area contributed by atoms with E-state index in [4.69, 9.17) is 5.26 Å². The van der Waals surface area contributed by atoms with Gasteiger partial charge in [-0.1, -0.05) is 30.3 Å². The maximum absolute atomic E-state index is 13.3. The molecule has 0 atom stereocenters. The minimum atomic E-state index is -4.77. The standard InChI is InChI=1S/C17H14F3N3O/c18-17(19,20)14-10-15(12-6-2-1-3-7-12)23(16(24)13(14)11-21)22-8-4-5-9-22/h1-3,6-7,10H,4-5,8-9H2. The van der Waals surface area contributed by atoms with Crippen molar-refractivity contribution in [3.8, 4) is 17.3 Å². The molecule has 3 rings (SSSR count). The highest BCUT2D eigenvalue weighted by Gasteiger charge is 2.37. The molecule has 2 aromatic rings. The van der Waals surface area contributed by atoms with Gasteiger partial charge in [-0.25, -0.2) is 4.68 Å². The van der Waals surface area contributed by atoms with Gasteiger partial charge in [-0.15, -0.1) is 0 Å². The van der Waals surface area contributed by atoms with Gasteiger partial charge in [0.1, 0.15) is 11.6 Å². The number of hydrogen-bond acceptors (Lipinski definition) is 3. The molecule has 0 saturated carbocycles. The van der Waals surface area contributed by atoms with Gasteiger partial charge in [0, 0.05) is 18.7 Å². The van der Waals surface area contributed by atoms with Crippen molar-refractivity contribution in [1.29, 1.82) is 5.26 Å². The molecule has 1 aromatic carbocycles. The summed E-state index contributed by atoms with van der Waals surface area (Å²) in [7, 11) is 0. The van der Waals surface area contributed by atoms with E-state index in [9.17, 15) is 18.0 Å². The number of alkyl halides is 3. The minimum Gasteiger partial charge on any atom is -0.310 e. The molecule has 4 nitrogen and oxygen atoms in total. The van der Waals surface area contributed by atoms with Gasteiger partial charge >= 0.3 is 6.18 Å². The lowest BCUT2D eigenvalue weighted by atomic mass is 10.0. The average Bonchev–Trinajstić information content (AvgIpc) is 3.07. The van der Waals surface area contributed by atoms with Crippen molar-refractivity contribution >= 4 is 0 Å². The maximum atomic E-state index is 13.3. The van der Waals surface area contributed by atoms with Crippen LogP contribution in [0.1, 0.15) is 24.0 Å². The molecule has 0 aliphatic carbocycles. The van der Waals surface area contributed by atoms with Crippen LogP contribution in [0.5, 0.6) is 0 Å². The van der Waals surface area contributed by atoms with E-state index in [0.717, 1.165) is 18.9 Å². The zero-order valence-electron chi connectivity index (χ0n) is 12.7. The van der Waals surface area contributed by atoms with E-state index in [2.05, 4.69) is 0 Å². The Labute approximate surface area is 136 Å². The molecule has 1 saturated heterocycles. The highest BCUT2D eigenvalue weighted by atomic mass is 19.4. The van der Waals surface area contributed by atoms with Gasteiger partial charge in [-0.05, 0) is 18.9 Å². The van der Waals surface area contributed by atoms with Crippen molar-refractivity contribution in [2.24, 2.45) is 0 Å². The highest BCUT2D eigenvalue weighted by Crippen LogP contribution is 2.33. The third kappa shape index (κ3) is 2.75. The first-order chi connectivity index (χ1) is 11.4. The fourth-order valence-corrected chi connectivity index (χ4v) is 2.93. The summed E-state index contributed by atoms with van der Waals surface area (Å²) >= 11 is 0. The summed E-state index contributed by atoms with van der Waals surface area (Å²) in [5, 5.41) is 10.8. The normalized spacial score (nSPS) is 14.7. The van der Waals surface area contributed by atoms with Crippen molar-refractivity contribution in [3.05, 3.63) is 57.9 Å². The summed E-state index contributed by atoms with van der Waals surface area (Å²) in [6.45, 7) is 1.13. The van der Waals surface area contributed by atoms with Gasteiger partial charge in [0.05, 0.1) is 11.3 Å². The topological polar surface area (TPSA) is 49.0 Å². The van der Waals surface area contributed by atoms with Crippen LogP contribution in [0.4, 0.5) is 13.2 Å². The number of hydrogen-bond donors (Lipinski definition) is 0. The number of aromatic nitrogens is 1. The number of rotatable bonds is 2. The van der Waals surface area contributed by atoms with Crippen LogP contribution in [-0.2, 0) is 6.18 Å². The van der Waals surface area contributed by atoms with Gasteiger partial charge in [0.25, 0.3) is 5.56 Å². The van der Waals surface area contributed by atoms with E-state index in [1.807, 2.05) is 0 Å². The molecule has 0 N–H and O–H groups in total. The molecule has 1 aromatic heterocycles. The molecule has 1 fully saturated rings. The first-order valence-corrected chi connectivity index (χ1v) is 7.51. The van der Waals surface area contributed by atoms with E-state index in [1.54, 1.807) is 35.3 Å². The van der Waals surface area contributed by atoms with Gasteiger partial charge in [0.2, 0.25) is 0 Å². The van der Waals surface area contributed by atoms with Crippen molar-refractivity contribution in [2.75, 3.05) is 18.1 Å². The zero-order valence-corrected chi connectivity index (χ0v) is 12.7. The average molecular weight is 333 g/mol. The molecule has 0 radical (unpaired) electrons. The monoisotopic (exact) mass is 333 g/mol. The molecule has 1 aliphatic rings. The minimum absolute atomic E-state index is 0.147. The molecule has 1 aliphatic heterocycles. The SMILES string of the molecule is N#Cc1c(C(F)(F)F)cc(-c2ccccc2)n(N2CCCC2)c1=O. The predicted molar refractivity (Wildman–Crippen MR) is 83.0 cm³/mol. The maximum Gasteiger partial charge on any atom is 0.417 e. The van der Waals surface area contributed by atoms with E-state index < -0.39 is 22.9 Å². The first-order valence-electron chi connectivity index (χ1n) is 7.51. The fourth-order valence-electron chi connectivity index (χ4n) is 2.93. The number of nitrogens with zero attached hydrogens (tertiary/aromatic N) is 3. The molecule has 124 valence electrons. The summed E-state index contributed by atoms with van der Waals surface area (Å²) in [4.78, 5) is 12.6. The van der Waals surface area contributed by atoms with Crippen LogP contribution in [-0.4, -0.2) is 17.8 Å². The fraction of sp³-hybridized carbons (Fsp3) is 0.294. The Morgan fingerprint density at radius 2 is 1.71 bits per heavy atom. The second kappa shape index (κ2) is 6.04. The molecule has 7 heteroatoms. The van der Waals surface area contributed by atoms with Crippen LogP contribution in [0, 0.1) is 11.3 Å². The summed E-state index contributed by atoms with van der Waals surface area (Å²) in [6.07, 6.45) is -3.06. The Morgan fingerprint density at radius 1 is 1.08 bits per heavy atom. The van der Waals surface area contributed by atoms with E-state index in [-0.39, 0.29) is 5.69 Å². The molecular formula is C17H14F3N3O. The third-order valence-electron chi connectivity index (χ3n) is 4.04.